The van der Waals surface area contributed by atoms with E-state index in [1.807, 2.05) is 13.8 Å². The zero-order valence-electron chi connectivity index (χ0n) is 13.4. The molecule has 21 heavy (non-hydrogen) atoms. The predicted octanol–water partition coefficient (Wildman–Crippen LogP) is 3.98. The van der Waals surface area contributed by atoms with Crippen molar-refractivity contribution in [2.75, 3.05) is 18.5 Å². The lowest BCUT2D eigenvalue weighted by atomic mass is 10.1. The zero-order chi connectivity index (χ0) is 15.2. The summed E-state index contributed by atoms with van der Waals surface area (Å²) in [4.78, 5) is 4.57. The van der Waals surface area contributed by atoms with Gasteiger partial charge < -0.3 is 14.6 Å². The van der Waals surface area contributed by atoms with Gasteiger partial charge in [-0.25, -0.2) is 4.98 Å². The van der Waals surface area contributed by atoms with E-state index in [0.29, 0.717) is 0 Å². The summed E-state index contributed by atoms with van der Waals surface area (Å²) in [5.74, 6) is 0.896. The summed E-state index contributed by atoms with van der Waals surface area (Å²) in [6.07, 6.45) is 3.07. The lowest BCUT2D eigenvalue weighted by Gasteiger charge is -2.11. The highest BCUT2D eigenvalue weighted by molar-refractivity contribution is 5.56. The molecule has 0 aliphatic carbocycles. The van der Waals surface area contributed by atoms with Crippen LogP contribution in [0.25, 0.3) is 0 Å². The van der Waals surface area contributed by atoms with E-state index in [9.17, 15) is 0 Å². The molecule has 0 atom stereocenters. The third kappa shape index (κ3) is 4.33. The average Bonchev–Trinajstić information content (AvgIpc) is 2.79. The van der Waals surface area contributed by atoms with Crippen LogP contribution in [0.5, 0.6) is 0 Å². The molecule has 2 rings (SSSR count). The minimum absolute atomic E-state index is 0.775. The first-order valence-electron chi connectivity index (χ1n) is 7.56. The van der Waals surface area contributed by atoms with Gasteiger partial charge in [-0.3, -0.25) is 0 Å². The molecule has 0 spiro atoms. The van der Waals surface area contributed by atoms with E-state index < -0.39 is 0 Å². The Morgan fingerprint density at radius 1 is 1.19 bits per heavy atom. The number of rotatable bonds is 7. The van der Waals surface area contributed by atoms with Crippen molar-refractivity contribution in [1.29, 1.82) is 0 Å². The molecule has 1 aromatic carbocycles. The first-order chi connectivity index (χ1) is 10.1. The third-order valence-corrected chi connectivity index (χ3v) is 3.55. The Kier molecular flexibility index (Phi) is 5.39. The number of benzene rings is 1. The molecule has 0 amide bonds. The Morgan fingerprint density at radius 2 is 2.00 bits per heavy atom. The monoisotopic (exact) mass is 287 g/mol. The van der Waals surface area contributed by atoms with Crippen LogP contribution in [0.1, 0.15) is 30.2 Å². The highest BCUT2D eigenvalue weighted by Crippen LogP contribution is 2.19. The van der Waals surface area contributed by atoms with Crippen LogP contribution >= 0.6 is 0 Å². The lowest BCUT2D eigenvalue weighted by molar-refractivity contribution is 0.142. The number of aromatic nitrogens is 2. The van der Waals surface area contributed by atoms with Crippen LogP contribution in [0.2, 0.25) is 0 Å². The van der Waals surface area contributed by atoms with Crippen molar-refractivity contribution in [3.05, 3.63) is 41.2 Å². The fourth-order valence-electron chi connectivity index (χ4n) is 2.25. The van der Waals surface area contributed by atoms with Crippen molar-refractivity contribution in [1.82, 2.24) is 9.55 Å². The Labute approximate surface area is 127 Å². The van der Waals surface area contributed by atoms with Crippen molar-refractivity contribution in [3.63, 3.8) is 0 Å². The molecule has 1 N–H and O–H groups in total. The maximum Gasteiger partial charge on any atom is 0.207 e. The van der Waals surface area contributed by atoms with E-state index in [4.69, 9.17) is 4.74 Å². The van der Waals surface area contributed by atoms with Gasteiger partial charge in [0.1, 0.15) is 0 Å². The fourth-order valence-corrected chi connectivity index (χ4v) is 2.25. The van der Waals surface area contributed by atoms with Gasteiger partial charge >= 0.3 is 0 Å². The minimum Gasteiger partial charge on any atom is -0.382 e. The molecule has 0 aliphatic rings. The molecular formula is C17H25N3O. The molecule has 0 radical (unpaired) electrons. The molecular weight excluding hydrogens is 262 g/mol. The molecule has 4 nitrogen and oxygen atoms in total. The molecule has 4 heteroatoms. The summed E-state index contributed by atoms with van der Waals surface area (Å²) in [6, 6.07) is 6.38. The Balaban J connectivity index is 2.06. The van der Waals surface area contributed by atoms with E-state index in [-0.39, 0.29) is 0 Å². The van der Waals surface area contributed by atoms with Crippen LogP contribution in [0.15, 0.2) is 24.4 Å². The van der Waals surface area contributed by atoms with Crippen LogP contribution in [0.3, 0.4) is 0 Å². The van der Waals surface area contributed by atoms with E-state index >= 15 is 0 Å². The summed E-state index contributed by atoms with van der Waals surface area (Å²) in [5.41, 5.74) is 4.69. The molecule has 1 heterocycles. The standard InChI is InChI=1S/C17H25N3O/c1-5-21-10-6-9-20-12-15(4)18-17(20)19-16-8-7-13(2)14(3)11-16/h7-8,11-12H,5-6,9-10H2,1-4H3,(H,18,19). The summed E-state index contributed by atoms with van der Waals surface area (Å²) < 4.78 is 7.55. The highest BCUT2D eigenvalue weighted by atomic mass is 16.5. The van der Waals surface area contributed by atoms with Gasteiger partial charge in [0, 0.05) is 31.6 Å². The minimum atomic E-state index is 0.775. The number of anilines is 2. The average molecular weight is 287 g/mol. The Bertz CT molecular complexity index is 590. The Hall–Kier alpha value is -1.81. The first-order valence-corrected chi connectivity index (χ1v) is 7.56. The molecule has 0 aliphatic heterocycles. The third-order valence-electron chi connectivity index (χ3n) is 3.55. The topological polar surface area (TPSA) is 39.1 Å². The van der Waals surface area contributed by atoms with Crippen molar-refractivity contribution in [3.8, 4) is 0 Å². The van der Waals surface area contributed by atoms with Gasteiger partial charge in [-0.05, 0) is 57.4 Å². The number of hydrogen-bond donors (Lipinski definition) is 1. The maximum absolute atomic E-state index is 5.39. The number of imidazole rings is 1. The molecule has 1 aromatic heterocycles. The summed E-state index contributed by atoms with van der Waals surface area (Å²) in [5, 5.41) is 3.41. The van der Waals surface area contributed by atoms with Crippen molar-refractivity contribution < 1.29 is 4.74 Å². The first kappa shape index (κ1) is 15.6. The van der Waals surface area contributed by atoms with Gasteiger partial charge in [-0.1, -0.05) is 6.07 Å². The van der Waals surface area contributed by atoms with E-state index in [1.165, 1.54) is 11.1 Å². The van der Waals surface area contributed by atoms with Gasteiger partial charge in [-0.15, -0.1) is 0 Å². The molecule has 0 bridgehead atoms. The second-order valence-corrected chi connectivity index (χ2v) is 5.37. The second kappa shape index (κ2) is 7.27. The van der Waals surface area contributed by atoms with Gasteiger partial charge in [0.2, 0.25) is 5.95 Å². The molecule has 0 unspecified atom stereocenters. The SMILES string of the molecule is CCOCCCn1cc(C)nc1Nc1ccc(C)c(C)c1. The van der Waals surface area contributed by atoms with Crippen LogP contribution in [-0.4, -0.2) is 22.8 Å². The van der Waals surface area contributed by atoms with Gasteiger partial charge in [0.25, 0.3) is 0 Å². The zero-order valence-corrected chi connectivity index (χ0v) is 13.4. The number of hydrogen-bond acceptors (Lipinski definition) is 3. The van der Waals surface area contributed by atoms with Crippen molar-refractivity contribution in [2.24, 2.45) is 0 Å². The maximum atomic E-state index is 5.39. The molecule has 114 valence electrons. The van der Waals surface area contributed by atoms with Gasteiger partial charge in [0.15, 0.2) is 0 Å². The summed E-state index contributed by atoms with van der Waals surface area (Å²) >= 11 is 0. The Morgan fingerprint density at radius 3 is 2.71 bits per heavy atom. The van der Waals surface area contributed by atoms with Gasteiger partial charge in [0.05, 0.1) is 5.69 Å². The second-order valence-electron chi connectivity index (χ2n) is 5.37. The van der Waals surface area contributed by atoms with Crippen LogP contribution in [0, 0.1) is 20.8 Å². The van der Waals surface area contributed by atoms with Crippen LogP contribution < -0.4 is 5.32 Å². The van der Waals surface area contributed by atoms with Crippen molar-refractivity contribution in [2.45, 2.75) is 40.7 Å². The lowest BCUT2D eigenvalue weighted by Crippen LogP contribution is -2.06. The fraction of sp³-hybridized carbons (Fsp3) is 0.471. The molecule has 2 aromatic rings. The van der Waals surface area contributed by atoms with Crippen LogP contribution in [-0.2, 0) is 11.3 Å². The molecule has 0 saturated heterocycles. The quantitative estimate of drug-likeness (QED) is 0.783. The van der Waals surface area contributed by atoms with Gasteiger partial charge in [-0.2, -0.15) is 0 Å². The number of nitrogens with one attached hydrogen (secondary N) is 1. The normalized spacial score (nSPS) is 10.9. The predicted molar refractivity (Wildman–Crippen MR) is 87.3 cm³/mol. The number of aryl methyl sites for hydroxylation is 4. The largest absolute Gasteiger partial charge is 0.382 e. The summed E-state index contributed by atoms with van der Waals surface area (Å²) in [7, 11) is 0. The van der Waals surface area contributed by atoms with Crippen LogP contribution in [0.4, 0.5) is 11.6 Å². The summed E-state index contributed by atoms with van der Waals surface area (Å²) in [6.45, 7) is 10.8. The highest BCUT2D eigenvalue weighted by Gasteiger charge is 2.06. The number of ether oxygens (including phenoxy) is 1. The van der Waals surface area contributed by atoms with E-state index in [2.05, 4.69) is 53.1 Å². The molecule has 0 fully saturated rings. The smallest absolute Gasteiger partial charge is 0.207 e. The number of nitrogens with zero attached hydrogens (tertiary/aromatic N) is 2. The van der Waals surface area contributed by atoms with E-state index in [1.54, 1.807) is 0 Å². The van der Waals surface area contributed by atoms with E-state index in [0.717, 1.165) is 43.5 Å². The van der Waals surface area contributed by atoms with Crippen molar-refractivity contribution >= 4 is 11.6 Å². The molecule has 0 saturated carbocycles.